The van der Waals surface area contributed by atoms with E-state index < -0.39 is 0 Å². The van der Waals surface area contributed by atoms with E-state index in [1.54, 1.807) is 10.8 Å². The summed E-state index contributed by atoms with van der Waals surface area (Å²) in [4.78, 5) is 29.0. The van der Waals surface area contributed by atoms with Gasteiger partial charge in [0.15, 0.2) is 5.65 Å². The summed E-state index contributed by atoms with van der Waals surface area (Å²) in [6.07, 6.45) is 1.62. The minimum Gasteiger partial charge on any atom is -0.398 e. The minimum atomic E-state index is -0.244. The highest BCUT2D eigenvalue weighted by Crippen LogP contribution is 2.22. The number of nitrogens with two attached hydrogens (primary N) is 1. The molecule has 0 unspecified atom stereocenters. The molecule has 1 fully saturated rings. The normalized spacial score (nSPS) is 14.7. The molecule has 4 aromatic rings. The molecule has 0 radical (unpaired) electrons. The Labute approximate surface area is 185 Å². The lowest BCUT2D eigenvalue weighted by Gasteiger charge is -2.34. The van der Waals surface area contributed by atoms with Crippen LogP contribution in [0.2, 0.25) is 0 Å². The molecule has 4 N–H and O–H groups in total. The number of hydrogen-bond donors (Lipinski definition) is 3. The van der Waals surface area contributed by atoms with Gasteiger partial charge in [0.1, 0.15) is 5.52 Å². The number of H-pyrrole nitrogens is 1. The van der Waals surface area contributed by atoms with Gasteiger partial charge in [0.2, 0.25) is 5.95 Å². The Balaban J connectivity index is 1.37. The first-order valence-electron chi connectivity index (χ1n) is 10.7. The highest BCUT2D eigenvalue weighted by Gasteiger charge is 2.15. The van der Waals surface area contributed by atoms with E-state index in [4.69, 9.17) is 5.73 Å². The van der Waals surface area contributed by atoms with E-state index in [0.29, 0.717) is 29.3 Å². The molecule has 5 rings (SSSR count). The van der Waals surface area contributed by atoms with Gasteiger partial charge in [-0.1, -0.05) is 18.2 Å². The van der Waals surface area contributed by atoms with E-state index in [0.717, 1.165) is 37.4 Å². The SMILES string of the molecule is CN1CCN(c2ccc(Nc3ncc4[nH]c(=O)n(Cc5ccccc5N)c4n3)cc2)CC1. The van der Waals surface area contributed by atoms with Crippen molar-refractivity contribution in [2.24, 2.45) is 0 Å². The Bertz CT molecular complexity index is 1290. The van der Waals surface area contributed by atoms with Gasteiger partial charge < -0.3 is 25.8 Å². The topological polar surface area (TPSA) is 108 Å². The molecule has 9 nitrogen and oxygen atoms in total. The number of para-hydroxylation sites is 1. The molecule has 1 aliphatic rings. The van der Waals surface area contributed by atoms with Gasteiger partial charge in [0.05, 0.1) is 12.7 Å². The molecule has 0 saturated carbocycles. The van der Waals surface area contributed by atoms with Crippen molar-refractivity contribution in [1.82, 2.24) is 24.4 Å². The molecule has 0 amide bonds. The zero-order valence-corrected chi connectivity index (χ0v) is 18.0. The molecule has 1 aliphatic heterocycles. The first kappa shape index (κ1) is 20.1. The van der Waals surface area contributed by atoms with Crippen LogP contribution in [0.3, 0.4) is 0 Å². The quantitative estimate of drug-likeness (QED) is 0.417. The molecular formula is C23H26N8O. The summed E-state index contributed by atoms with van der Waals surface area (Å²) in [5.74, 6) is 0.429. The summed E-state index contributed by atoms with van der Waals surface area (Å²) < 4.78 is 1.57. The maximum atomic E-state index is 12.5. The number of nitrogen functional groups attached to an aromatic ring is 1. The van der Waals surface area contributed by atoms with E-state index in [9.17, 15) is 4.79 Å². The second kappa shape index (κ2) is 8.35. The number of benzene rings is 2. The van der Waals surface area contributed by atoms with Crippen molar-refractivity contribution in [3.8, 4) is 0 Å². The first-order chi connectivity index (χ1) is 15.6. The third-order valence-electron chi connectivity index (χ3n) is 5.89. The van der Waals surface area contributed by atoms with Crippen LogP contribution in [0.25, 0.3) is 11.2 Å². The van der Waals surface area contributed by atoms with E-state index in [1.165, 1.54) is 5.69 Å². The van der Waals surface area contributed by atoms with Crippen molar-refractivity contribution in [3.05, 3.63) is 70.8 Å². The smallest absolute Gasteiger partial charge is 0.328 e. The number of fused-ring (bicyclic) bond motifs is 1. The van der Waals surface area contributed by atoms with Crippen LogP contribution in [0.15, 0.2) is 59.5 Å². The van der Waals surface area contributed by atoms with Gasteiger partial charge in [-0.2, -0.15) is 4.98 Å². The van der Waals surface area contributed by atoms with E-state index in [-0.39, 0.29) is 5.69 Å². The van der Waals surface area contributed by atoms with Crippen LogP contribution in [0.4, 0.5) is 23.0 Å². The average molecular weight is 431 g/mol. The van der Waals surface area contributed by atoms with Gasteiger partial charge in [-0.05, 0) is 42.9 Å². The average Bonchev–Trinajstić information content (AvgIpc) is 3.11. The minimum absolute atomic E-state index is 0.244. The van der Waals surface area contributed by atoms with Crippen molar-refractivity contribution >= 4 is 34.2 Å². The van der Waals surface area contributed by atoms with Gasteiger partial charge in [-0.25, -0.2) is 9.78 Å². The van der Waals surface area contributed by atoms with Crippen LogP contribution in [0, 0.1) is 0 Å². The van der Waals surface area contributed by atoms with Gasteiger partial charge in [0.25, 0.3) is 0 Å². The number of piperazine rings is 1. The lowest BCUT2D eigenvalue weighted by molar-refractivity contribution is 0.313. The molecular weight excluding hydrogens is 404 g/mol. The zero-order chi connectivity index (χ0) is 22.1. The van der Waals surface area contributed by atoms with Crippen LogP contribution in [-0.4, -0.2) is 57.6 Å². The number of rotatable bonds is 5. The number of aromatic amines is 1. The predicted octanol–water partition coefficient (Wildman–Crippen LogP) is 2.25. The highest BCUT2D eigenvalue weighted by atomic mass is 16.1. The van der Waals surface area contributed by atoms with Gasteiger partial charge in [-0.15, -0.1) is 0 Å². The van der Waals surface area contributed by atoms with Crippen molar-refractivity contribution < 1.29 is 0 Å². The van der Waals surface area contributed by atoms with Crippen LogP contribution >= 0.6 is 0 Å². The van der Waals surface area contributed by atoms with E-state index in [2.05, 4.69) is 49.2 Å². The fourth-order valence-electron chi connectivity index (χ4n) is 3.95. The predicted molar refractivity (Wildman–Crippen MR) is 128 cm³/mol. The van der Waals surface area contributed by atoms with Crippen molar-refractivity contribution in [1.29, 1.82) is 0 Å². The van der Waals surface area contributed by atoms with Gasteiger partial charge in [-0.3, -0.25) is 4.57 Å². The molecule has 2 aromatic heterocycles. The molecule has 9 heteroatoms. The number of nitrogens with zero attached hydrogens (tertiary/aromatic N) is 5. The summed E-state index contributed by atoms with van der Waals surface area (Å²) in [5, 5.41) is 3.24. The molecule has 3 heterocycles. The molecule has 0 spiro atoms. The van der Waals surface area contributed by atoms with Crippen molar-refractivity contribution in [2.45, 2.75) is 6.54 Å². The van der Waals surface area contributed by atoms with Crippen LogP contribution in [0.1, 0.15) is 5.56 Å². The largest absolute Gasteiger partial charge is 0.398 e. The molecule has 164 valence electrons. The lowest BCUT2D eigenvalue weighted by atomic mass is 10.2. The lowest BCUT2D eigenvalue weighted by Crippen LogP contribution is -2.44. The summed E-state index contributed by atoms with van der Waals surface area (Å²) in [6, 6.07) is 15.8. The Hall–Kier alpha value is -3.85. The van der Waals surface area contributed by atoms with Gasteiger partial charge >= 0.3 is 5.69 Å². The molecule has 32 heavy (non-hydrogen) atoms. The third kappa shape index (κ3) is 4.02. The Kier molecular flexibility index (Phi) is 5.24. The maximum absolute atomic E-state index is 12.5. The fraction of sp³-hybridized carbons (Fsp3) is 0.261. The van der Waals surface area contributed by atoms with Crippen LogP contribution in [0.5, 0.6) is 0 Å². The number of aromatic nitrogens is 4. The summed E-state index contributed by atoms with van der Waals surface area (Å²) in [6.45, 7) is 4.53. The number of hydrogen-bond acceptors (Lipinski definition) is 7. The van der Waals surface area contributed by atoms with E-state index in [1.807, 2.05) is 36.4 Å². The second-order valence-electron chi connectivity index (χ2n) is 8.11. The maximum Gasteiger partial charge on any atom is 0.328 e. The molecule has 0 aliphatic carbocycles. The van der Waals surface area contributed by atoms with E-state index >= 15 is 0 Å². The fourth-order valence-corrected chi connectivity index (χ4v) is 3.95. The van der Waals surface area contributed by atoms with Crippen molar-refractivity contribution in [3.63, 3.8) is 0 Å². The highest BCUT2D eigenvalue weighted by molar-refractivity contribution is 5.72. The molecule has 2 aromatic carbocycles. The number of nitrogens with one attached hydrogen (secondary N) is 2. The number of imidazole rings is 1. The molecule has 0 atom stereocenters. The molecule has 0 bridgehead atoms. The summed E-state index contributed by atoms with van der Waals surface area (Å²) in [5.41, 5.74) is 10.5. The summed E-state index contributed by atoms with van der Waals surface area (Å²) in [7, 11) is 2.15. The third-order valence-corrected chi connectivity index (χ3v) is 5.89. The first-order valence-corrected chi connectivity index (χ1v) is 10.7. The van der Waals surface area contributed by atoms with Gasteiger partial charge in [0, 0.05) is 43.2 Å². The number of anilines is 4. The van der Waals surface area contributed by atoms with Crippen LogP contribution < -0.4 is 21.6 Å². The molecule has 1 saturated heterocycles. The van der Waals surface area contributed by atoms with Crippen molar-refractivity contribution in [2.75, 3.05) is 49.2 Å². The second-order valence-corrected chi connectivity index (χ2v) is 8.11. The van der Waals surface area contributed by atoms with Crippen LogP contribution in [-0.2, 0) is 6.54 Å². The Morgan fingerprint density at radius 1 is 1.06 bits per heavy atom. The Morgan fingerprint density at radius 2 is 1.81 bits per heavy atom. The zero-order valence-electron chi connectivity index (χ0n) is 18.0. The standard InChI is InChI=1S/C23H26N8O/c1-29-10-12-30(13-11-29)18-8-6-17(7-9-18)26-22-25-14-20-21(28-22)31(23(32)27-20)15-16-4-2-3-5-19(16)24/h2-9,14H,10-13,15,24H2,1H3,(H,27,32)(H,25,26,28). The Morgan fingerprint density at radius 3 is 2.56 bits per heavy atom. The monoisotopic (exact) mass is 430 g/mol. The summed E-state index contributed by atoms with van der Waals surface area (Å²) >= 11 is 0. The number of likely N-dealkylation sites (N-methyl/N-ethyl adjacent to an activating group) is 1.